The molecular weight excluding hydrogens is 198 g/mol. The van der Waals surface area contributed by atoms with Gasteiger partial charge in [0.15, 0.2) is 0 Å². The molecule has 0 spiro atoms. The van der Waals surface area contributed by atoms with Gasteiger partial charge in [0.05, 0.1) is 5.69 Å². The third-order valence-corrected chi connectivity index (χ3v) is 2.79. The monoisotopic (exact) mass is 215 g/mol. The van der Waals surface area contributed by atoms with Crippen molar-refractivity contribution in [1.29, 1.82) is 0 Å². The maximum atomic E-state index is 5.84. The molecule has 1 aromatic carbocycles. The molecule has 0 aliphatic heterocycles. The second-order valence-corrected chi connectivity index (χ2v) is 4.09. The molecule has 0 unspecified atom stereocenters. The van der Waals surface area contributed by atoms with Crippen LogP contribution in [0.1, 0.15) is 18.2 Å². The molecule has 3 nitrogen and oxygen atoms in total. The van der Waals surface area contributed by atoms with E-state index in [0.29, 0.717) is 0 Å². The fourth-order valence-electron chi connectivity index (χ4n) is 1.95. The summed E-state index contributed by atoms with van der Waals surface area (Å²) in [7, 11) is 1.95. The van der Waals surface area contributed by atoms with E-state index in [-0.39, 0.29) is 0 Å². The molecule has 0 amide bonds. The van der Waals surface area contributed by atoms with Crippen LogP contribution in [-0.4, -0.2) is 9.78 Å². The van der Waals surface area contributed by atoms with Crippen LogP contribution >= 0.6 is 0 Å². The third kappa shape index (κ3) is 1.81. The number of hydrogen-bond acceptors (Lipinski definition) is 2. The van der Waals surface area contributed by atoms with E-state index in [1.807, 2.05) is 23.9 Å². The Morgan fingerprint density at radius 1 is 1.31 bits per heavy atom. The van der Waals surface area contributed by atoms with Crippen molar-refractivity contribution in [3.05, 3.63) is 35.7 Å². The van der Waals surface area contributed by atoms with Crippen LogP contribution in [0.5, 0.6) is 0 Å². The molecule has 1 heterocycles. The fourth-order valence-corrected chi connectivity index (χ4v) is 1.95. The van der Waals surface area contributed by atoms with Gasteiger partial charge in [-0.25, -0.2) is 0 Å². The SMILES string of the molecule is CCc1nn(C)cc1-c1cc(N)ccc1C. The second-order valence-electron chi connectivity index (χ2n) is 4.09. The molecule has 1 aromatic heterocycles. The smallest absolute Gasteiger partial charge is 0.0700 e. The second kappa shape index (κ2) is 4.00. The van der Waals surface area contributed by atoms with Crippen molar-refractivity contribution in [2.45, 2.75) is 20.3 Å². The first-order valence-corrected chi connectivity index (χ1v) is 5.51. The molecule has 0 aliphatic carbocycles. The highest BCUT2D eigenvalue weighted by molar-refractivity contribution is 5.72. The van der Waals surface area contributed by atoms with E-state index in [4.69, 9.17) is 5.73 Å². The molecule has 84 valence electrons. The van der Waals surface area contributed by atoms with E-state index >= 15 is 0 Å². The average molecular weight is 215 g/mol. The number of rotatable bonds is 2. The van der Waals surface area contributed by atoms with Crippen LogP contribution < -0.4 is 5.73 Å². The highest BCUT2D eigenvalue weighted by Crippen LogP contribution is 2.28. The molecule has 0 saturated carbocycles. The number of aryl methyl sites for hydroxylation is 3. The first kappa shape index (κ1) is 10.7. The first-order chi connectivity index (χ1) is 7.61. The van der Waals surface area contributed by atoms with E-state index in [9.17, 15) is 0 Å². The summed E-state index contributed by atoms with van der Waals surface area (Å²) >= 11 is 0. The summed E-state index contributed by atoms with van der Waals surface area (Å²) in [6.07, 6.45) is 2.99. The Labute approximate surface area is 95.9 Å². The van der Waals surface area contributed by atoms with Gasteiger partial charge >= 0.3 is 0 Å². The number of benzene rings is 1. The lowest BCUT2D eigenvalue weighted by Gasteiger charge is -2.06. The van der Waals surface area contributed by atoms with Crippen LogP contribution in [-0.2, 0) is 13.5 Å². The maximum Gasteiger partial charge on any atom is 0.0700 e. The van der Waals surface area contributed by atoms with Gasteiger partial charge in [-0.15, -0.1) is 0 Å². The Morgan fingerprint density at radius 2 is 2.06 bits per heavy atom. The summed E-state index contributed by atoms with van der Waals surface area (Å²) in [5, 5.41) is 4.45. The Bertz CT molecular complexity index is 512. The molecule has 0 atom stereocenters. The predicted octanol–water partition coefficient (Wildman–Crippen LogP) is 2.54. The summed E-state index contributed by atoms with van der Waals surface area (Å²) < 4.78 is 1.86. The number of aromatic nitrogens is 2. The van der Waals surface area contributed by atoms with Crippen molar-refractivity contribution in [2.75, 3.05) is 5.73 Å². The van der Waals surface area contributed by atoms with Crippen molar-refractivity contribution in [2.24, 2.45) is 7.05 Å². The number of nitrogen functional groups attached to an aromatic ring is 1. The molecule has 2 aromatic rings. The minimum absolute atomic E-state index is 0.798. The summed E-state index contributed by atoms with van der Waals surface area (Å²) in [6.45, 7) is 4.22. The lowest BCUT2D eigenvalue weighted by atomic mass is 10.00. The number of nitrogens with two attached hydrogens (primary N) is 1. The lowest BCUT2D eigenvalue weighted by molar-refractivity contribution is 0.746. The summed E-state index contributed by atoms with van der Waals surface area (Å²) in [6, 6.07) is 6.00. The minimum atomic E-state index is 0.798. The number of hydrogen-bond donors (Lipinski definition) is 1. The van der Waals surface area contributed by atoms with E-state index in [0.717, 1.165) is 17.8 Å². The quantitative estimate of drug-likeness (QED) is 0.782. The van der Waals surface area contributed by atoms with Crippen molar-refractivity contribution in [3.63, 3.8) is 0 Å². The molecule has 0 bridgehead atoms. The largest absolute Gasteiger partial charge is 0.399 e. The van der Waals surface area contributed by atoms with E-state index in [1.54, 1.807) is 0 Å². The zero-order valence-electron chi connectivity index (χ0n) is 9.99. The standard InChI is InChI=1S/C13H17N3/c1-4-13-12(8-16(3)15-13)11-7-10(14)6-5-9(11)2/h5-8H,4,14H2,1-3H3. The summed E-state index contributed by atoms with van der Waals surface area (Å²) in [5.74, 6) is 0. The van der Waals surface area contributed by atoms with Crippen LogP contribution in [0.4, 0.5) is 5.69 Å². The third-order valence-electron chi connectivity index (χ3n) is 2.79. The lowest BCUT2D eigenvalue weighted by Crippen LogP contribution is -1.91. The summed E-state index contributed by atoms with van der Waals surface area (Å²) in [5.41, 5.74) is 11.4. The maximum absolute atomic E-state index is 5.84. The Morgan fingerprint density at radius 3 is 2.75 bits per heavy atom. The Kier molecular flexibility index (Phi) is 2.69. The van der Waals surface area contributed by atoms with Gasteiger partial charge in [0.25, 0.3) is 0 Å². The fraction of sp³-hybridized carbons (Fsp3) is 0.308. The molecule has 3 heteroatoms. The Balaban J connectivity index is 2.61. The zero-order chi connectivity index (χ0) is 11.7. The molecule has 0 radical (unpaired) electrons. The van der Waals surface area contributed by atoms with Gasteiger partial charge in [-0.05, 0) is 36.6 Å². The molecular formula is C13H17N3. The molecule has 2 N–H and O–H groups in total. The van der Waals surface area contributed by atoms with Gasteiger partial charge in [-0.3, -0.25) is 4.68 Å². The molecule has 16 heavy (non-hydrogen) atoms. The van der Waals surface area contributed by atoms with Gasteiger partial charge in [0.2, 0.25) is 0 Å². The van der Waals surface area contributed by atoms with Gasteiger partial charge in [-0.2, -0.15) is 5.10 Å². The van der Waals surface area contributed by atoms with Crippen molar-refractivity contribution < 1.29 is 0 Å². The van der Waals surface area contributed by atoms with Crippen molar-refractivity contribution >= 4 is 5.69 Å². The van der Waals surface area contributed by atoms with E-state index in [2.05, 4.69) is 31.2 Å². The Hall–Kier alpha value is -1.77. The van der Waals surface area contributed by atoms with Crippen LogP contribution in [0.2, 0.25) is 0 Å². The van der Waals surface area contributed by atoms with Crippen molar-refractivity contribution in [1.82, 2.24) is 9.78 Å². The van der Waals surface area contributed by atoms with Crippen LogP contribution in [0, 0.1) is 6.92 Å². The normalized spacial score (nSPS) is 10.7. The average Bonchev–Trinajstić information content (AvgIpc) is 2.63. The van der Waals surface area contributed by atoms with E-state index in [1.165, 1.54) is 16.7 Å². The molecule has 0 saturated heterocycles. The van der Waals surface area contributed by atoms with Crippen LogP contribution in [0.25, 0.3) is 11.1 Å². The van der Waals surface area contributed by atoms with Crippen LogP contribution in [0.3, 0.4) is 0 Å². The topological polar surface area (TPSA) is 43.8 Å². The van der Waals surface area contributed by atoms with Gasteiger partial charge < -0.3 is 5.73 Å². The number of anilines is 1. The van der Waals surface area contributed by atoms with Crippen LogP contribution in [0.15, 0.2) is 24.4 Å². The first-order valence-electron chi connectivity index (χ1n) is 5.51. The van der Waals surface area contributed by atoms with Gasteiger partial charge in [0, 0.05) is 24.5 Å². The van der Waals surface area contributed by atoms with Gasteiger partial charge in [-0.1, -0.05) is 13.0 Å². The number of nitrogens with zero attached hydrogens (tertiary/aromatic N) is 2. The molecule has 0 aliphatic rings. The highest BCUT2D eigenvalue weighted by Gasteiger charge is 2.10. The minimum Gasteiger partial charge on any atom is -0.399 e. The predicted molar refractivity (Wildman–Crippen MR) is 67.2 cm³/mol. The zero-order valence-corrected chi connectivity index (χ0v) is 9.99. The van der Waals surface area contributed by atoms with Gasteiger partial charge in [0.1, 0.15) is 0 Å². The van der Waals surface area contributed by atoms with Crippen molar-refractivity contribution in [3.8, 4) is 11.1 Å². The highest BCUT2D eigenvalue weighted by atomic mass is 15.2. The summed E-state index contributed by atoms with van der Waals surface area (Å²) in [4.78, 5) is 0. The molecule has 2 rings (SSSR count). The van der Waals surface area contributed by atoms with E-state index < -0.39 is 0 Å². The molecule has 0 fully saturated rings.